The molecule has 1 aliphatic heterocycles. The lowest BCUT2D eigenvalue weighted by atomic mass is 9.95. The summed E-state index contributed by atoms with van der Waals surface area (Å²) in [6.45, 7) is 6.34. The van der Waals surface area contributed by atoms with Crippen molar-refractivity contribution in [3.05, 3.63) is 82.6 Å². The molecule has 6 nitrogen and oxygen atoms in total. The van der Waals surface area contributed by atoms with Gasteiger partial charge in [-0.1, -0.05) is 35.9 Å². The number of halogens is 1. The molecule has 1 aliphatic rings. The summed E-state index contributed by atoms with van der Waals surface area (Å²) in [6, 6.07) is 16.1. The summed E-state index contributed by atoms with van der Waals surface area (Å²) < 4.78 is 1.90. The predicted molar refractivity (Wildman–Crippen MR) is 136 cm³/mol. The molecule has 0 bridgehead atoms. The highest BCUT2D eigenvalue weighted by Crippen LogP contribution is 2.29. The number of aromatic nitrogens is 3. The van der Waals surface area contributed by atoms with Crippen LogP contribution in [0.4, 0.5) is 5.82 Å². The van der Waals surface area contributed by atoms with Gasteiger partial charge >= 0.3 is 0 Å². The Kier molecular flexibility index (Phi) is 6.24. The number of carbonyl (C=O) groups excluding carboxylic acids is 1. The van der Waals surface area contributed by atoms with Crippen LogP contribution in [0.3, 0.4) is 0 Å². The first-order chi connectivity index (χ1) is 16.5. The van der Waals surface area contributed by atoms with Gasteiger partial charge in [-0.2, -0.15) is 5.10 Å². The zero-order valence-corrected chi connectivity index (χ0v) is 20.2. The molecule has 4 aromatic rings. The van der Waals surface area contributed by atoms with Crippen LogP contribution in [0.2, 0.25) is 5.02 Å². The molecule has 0 radical (unpaired) electrons. The van der Waals surface area contributed by atoms with Crippen LogP contribution in [-0.2, 0) is 11.3 Å². The minimum absolute atomic E-state index is 0.0132. The van der Waals surface area contributed by atoms with E-state index in [0.29, 0.717) is 11.6 Å². The summed E-state index contributed by atoms with van der Waals surface area (Å²) in [7, 11) is 0. The topological polar surface area (TPSA) is 62.5 Å². The number of hydrogen-bond acceptors (Lipinski definition) is 4. The number of aryl methyl sites for hydroxylation is 2. The van der Waals surface area contributed by atoms with Gasteiger partial charge in [0, 0.05) is 48.5 Å². The van der Waals surface area contributed by atoms with Gasteiger partial charge in [-0.05, 0) is 67.6 Å². The molecule has 3 heterocycles. The molecule has 1 amide bonds. The molecule has 174 valence electrons. The maximum absolute atomic E-state index is 12.7. The molecule has 5 rings (SSSR count). The number of amides is 1. The van der Waals surface area contributed by atoms with Crippen LogP contribution in [0.15, 0.2) is 60.9 Å². The molecular formula is C27H28ClN5O. The molecule has 0 spiro atoms. The summed E-state index contributed by atoms with van der Waals surface area (Å²) >= 11 is 5.94. The molecule has 0 aliphatic carbocycles. The van der Waals surface area contributed by atoms with Crippen LogP contribution in [0, 0.1) is 19.8 Å². The molecule has 2 aromatic heterocycles. The third kappa shape index (κ3) is 4.64. The van der Waals surface area contributed by atoms with Crippen LogP contribution in [0.1, 0.15) is 29.5 Å². The van der Waals surface area contributed by atoms with Gasteiger partial charge in [-0.25, -0.2) is 9.50 Å². The number of anilines is 1. The number of nitrogens with one attached hydrogen (secondary N) is 1. The van der Waals surface area contributed by atoms with Gasteiger partial charge in [0.05, 0.1) is 5.69 Å². The van der Waals surface area contributed by atoms with E-state index in [4.69, 9.17) is 16.7 Å². The van der Waals surface area contributed by atoms with Crippen LogP contribution in [0.5, 0.6) is 0 Å². The first-order valence-corrected chi connectivity index (χ1v) is 12.0. The van der Waals surface area contributed by atoms with E-state index in [-0.39, 0.29) is 11.8 Å². The second-order valence-corrected chi connectivity index (χ2v) is 9.45. The Morgan fingerprint density at radius 3 is 2.56 bits per heavy atom. The van der Waals surface area contributed by atoms with Crippen molar-refractivity contribution in [1.29, 1.82) is 0 Å². The van der Waals surface area contributed by atoms with Crippen molar-refractivity contribution < 1.29 is 4.79 Å². The predicted octanol–water partition coefficient (Wildman–Crippen LogP) is 5.20. The first-order valence-electron chi connectivity index (χ1n) is 11.7. The summed E-state index contributed by atoms with van der Waals surface area (Å²) in [5.74, 6) is 1.05. The Bertz CT molecular complexity index is 1320. The molecular weight excluding hydrogens is 446 g/mol. The highest BCUT2D eigenvalue weighted by molar-refractivity contribution is 6.30. The normalized spacial score (nSPS) is 14.5. The second kappa shape index (κ2) is 9.47. The third-order valence-corrected chi connectivity index (χ3v) is 6.97. The highest BCUT2D eigenvalue weighted by Gasteiger charge is 2.26. The average molecular weight is 474 g/mol. The number of hydrogen-bond donors (Lipinski definition) is 1. The number of fused-ring (bicyclic) bond motifs is 1. The maximum Gasteiger partial charge on any atom is 0.223 e. The highest BCUT2D eigenvalue weighted by atomic mass is 35.5. The lowest BCUT2D eigenvalue weighted by Crippen LogP contribution is -2.40. The van der Waals surface area contributed by atoms with Crippen LogP contribution in [0.25, 0.3) is 16.8 Å². The summed E-state index contributed by atoms with van der Waals surface area (Å²) in [5.41, 5.74) is 6.61. The Morgan fingerprint density at radius 1 is 1.06 bits per heavy atom. The molecule has 1 N–H and O–H groups in total. The summed E-state index contributed by atoms with van der Waals surface area (Å²) in [4.78, 5) is 19.7. The van der Waals surface area contributed by atoms with Gasteiger partial charge in [0.2, 0.25) is 5.91 Å². The Labute approximate surface area is 204 Å². The Morgan fingerprint density at radius 2 is 1.82 bits per heavy atom. The zero-order valence-electron chi connectivity index (χ0n) is 19.5. The van der Waals surface area contributed by atoms with E-state index < -0.39 is 0 Å². The lowest BCUT2D eigenvalue weighted by Gasteiger charge is -2.32. The molecule has 1 saturated heterocycles. The number of nitrogens with zero attached hydrogens (tertiary/aromatic N) is 4. The third-order valence-electron chi connectivity index (χ3n) is 6.72. The second-order valence-electron chi connectivity index (χ2n) is 9.01. The standard InChI is InChI=1S/C27H28ClN5O/c1-18-3-6-22(15-19(18)2)24-16-25-26(29-11-14-33(25)31-24)32-12-9-21(10-13-32)27(34)30-17-20-4-7-23(28)8-5-20/h3-8,11,14-16,21H,9-10,12-13,17H2,1-2H3,(H,30,34). The largest absolute Gasteiger partial charge is 0.355 e. The molecule has 0 atom stereocenters. The monoisotopic (exact) mass is 473 g/mol. The molecule has 1 fully saturated rings. The van der Waals surface area contributed by atoms with E-state index >= 15 is 0 Å². The molecule has 0 saturated carbocycles. The molecule has 0 unspecified atom stereocenters. The average Bonchev–Trinajstić information content (AvgIpc) is 3.30. The number of carbonyl (C=O) groups is 1. The quantitative estimate of drug-likeness (QED) is 0.432. The van der Waals surface area contributed by atoms with E-state index in [1.54, 1.807) is 6.20 Å². The van der Waals surface area contributed by atoms with Crippen LogP contribution < -0.4 is 10.2 Å². The minimum atomic E-state index is 0.0132. The number of piperidine rings is 1. The van der Waals surface area contributed by atoms with Crippen LogP contribution >= 0.6 is 11.6 Å². The fraction of sp³-hybridized carbons (Fsp3) is 0.296. The molecule has 34 heavy (non-hydrogen) atoms. The van der Waals surface area contributed by atoms with E-state index in [1.807, 2.05) is 35.0 Å². The van der Waals surface area contributed by atoms with Crippen LogP contribution in [-0.4, -0.2) is 33.6 Å². The fourth-order valence-corrected chi connectivity index (χ4v) is 4.61. The lowest BCUT2D eigenvalue weighted by molar-refractivity contribution is -0.125. The number of rotatable bonds is 5. The van der Waals surface area contributed by atoms with Crippen molar-refractivity contribution in [2.24, 2.45) is 5.92 Å². The smallest absolute Gasteiger partial charge is 0.223 e. The van der Waals surface area contributed by atoms with Gasteiger partial charge in [-0.3, -0.25) is 4.79 Å². The van der Waals surface area contributed by atoms with Crippen molar-refractivity contribution in [2.75, 3.05) is 18.0 Å². The van der Waals surface area contributed by atoms with Crippen molar-refractivity contribution in [1.82, 2.24) is 19.9 Å². The van der Waals surface area contributed by atoms with Crippen molar-refractivity contribution in [2.45, 2.75) is 33.2 Å². The van der Waals surface area contributed by atoms with Crippen molar-refractivity contribution in [3.8, 4) is 11.3 Å². The molecule has 7 heteroatoms. The van der Waals surface area contributed by atoms with Crippen molar-refractivity contribution >= 4 is 28.8 Å². The summed E-state index contributed by atoms with van der Waals surface area (Å²) in [5, 5.41) is 8.56. The molecule has 2 aromatic carbocycles. The maximum atomic E-state index is 12.7. The fourth-order valence-electron chi connectivity index (χ4n) is 4.48. The van der Waals surface area contributed by atoms with E-state index in [1.165, 1.54) is 11.1 Å². The first kappa shape index (κ1) is 22.4. The van der Waals surface area contributed by atoms with Gasteiger partial charge in [-0.15, -0.1) is 0 Å². The Hall–Kier alpha value is -3.38. The Balaban J connectivity index is 1.26. The van der Waals surface area contributed by atoms with Gasteiger partial charge < -0.3 is 10.2 Å². The summed E-state index contributed by atoms with van der Waals surface area (Å²) in [6.07, 6.45) is 5.28. The van der Waals surface area contributed by atoms with E-state index in [9.17, 15) is 4.79 Å². The SMILES string of the molecule is Cc1ccc(-c2cc3c(N4CCC(C(=O)NCc5ccc(Cl)cc5)CC4)nccn3n2)cc1C. The minimum Gasteiger partial charge on any atom is -0.355 e. The zero-order chi connectivity index (χ0) is 23.7. The van der Waals surface area contributed by atoms with Gasteiger partial charge in [0.25, 0.3) is 0 Å². The van der Waals surface area contributed by atoms with E-state index in [0.717, 1.165) is 54.1 Å². The van der Waals surface area contributed by atoms with E-state index in [2.05, 4.69) is 53.3 Å². The van der Waals surface area contributed by atoms with Gasteiger partial charge in [0.15, 0.2) is 5.82 Å². The number of benzene rings is 2. The van der Waals surface area contributed by atoms with Gasteiger partial charge in [0.1, 0.15) is 5.52 Å². The van der Waals surface area contributed by atoms with Crippen molar-refractivity contribution in [3.63, 3.8) is 0 Å².